The molecule has 5 rings (SSSR count). The molecule has 1 N–H and O–H groups in total. The summed E-state index contributed by atoms with van der Waals surface area (Å²) in [6, 6.07) is 13.2. The number of allylic oxidation sites excluding steroid dienone is 1. The van der Waals surface area contributed by atoms with Gasteiger partial charge in [-0.2, -0.15) is 0 Å². The zero-order valence-electron chi connectivity index (χ0n) is 23.7. The van der Waals surface area contributed by atoms with Gasteiger partial charge in [0.05, 0.1) is 23.2 Å². The van der Waals surface area contributed by atoms with Gasteiger partial charge >= 0.3 is 5.97 Å². The highest BCUT2D eigenvalue weighted by Gasteiger charge is 2.76. The lowest BCUT2D eigenvalue weighted by Crippen LogP contribution is -2.57. The summed E-state index contributed by atoms with van der Waals surface area (Å²) in [5.74, 6) is -1.83. The zero-order valence-corrected chi connectivity index (χ0v) is 24.6. The summed E-state index contributed by atoms with van der Waals surface area (Å²) < 4.78 is 4.98. The molecule has 41 heavy (non-hydrogen) atoms. The number of unbranched alkanes of at least 4 members (excludes halogenated alkanes) is 2. The lowest BCUT2D eigenvalue weighted by Gasteiger charge is -2.40. The Morgan fingerprint density at radius 1 is 1.15 bits per heavy atom. The maximum atomic E-state index is 14.7. The van der Waals surface area contributed by atoms with Crippen molar-refractivity contribution in [3.8, 4) is 0 Å². The number of thioether (sulfide) groups is 1. The van der Waals surface area contributed by atoms with Gasteiger partial charge in [-0.3, -0.25) is 14.4 Å². The van der Waals surface area contributed by atoms with E-state index in [4.69, 9.17) is 4.74 Å². The molecule has 3 aliphatic heterocycles. The number of benzene rings is 2. The first-order valence-electron chi connectivity index (χ1n) is 14.7. The Labute approximate surface area is 246 Å². The number of aliphatic hydroxyl groups excluding tert-OH is 1. The van der Waals surface area contributed by atoms with Crippen LogP contribution in [0.2, 0.25) is 0 Å². The SMILES string of the molecule is C=CCCCCOC(=O)[C@@H]1[C@H]2C(=O)N(CCCO)C(C(=O)N(CC=C)c3ccc4ccccc4c3)C23S[C@@H]1CC3C. The minimum absolute atomic E-state index is 0.0540. The normalized spacial score (nSPS) is 28.1. The van der Waals surface area contributed by atoms with Crippen LogP contribution in [0, 0.1) is 17.8 Å². The summed E-state index contributed by atoms with van der Waals surface area (Å²) in [7, 11) is 0. The van der Waals surface area contributed by atoms with Gasteiger partial charge in [0.2, 0.25) is 5.91 Å². The van der Waals surface area contributed by atoms with Crippen LogP contribution in [-0.2, 0) is 19.1 Å². The molecule has 3 unspecified atom stereocenters. The molecule has 2 amide bonds. The molecule has 7 nitrogen and oxygen atoms in total. The molecule has 1 spiro atoms. The van der Waals surface area contributed by atoms with Gasteiger partial charge < -0.3 is 19.6 Å². The predicted octanol–water partition coefficient (Wildman–Crippen LogP) is 4.98. The number of nitrogens with zero attached hydrogens (tertiary/aromatic N) is 2. The van der Waals surface area contributed by atoms with Crippen molar-refractivity contribution in [2.24, 2.45) is 17.8 Å². The van der Waals surface area contributed by atoms with Crippen LogP contribution in [0.15, 0.2) is 67.8 Å². The van der Waals surface area contributed by atoms with E-state index in [1.165, 1.54) is 0 Å². The fourth-order valence-electron chi connectivity index (χ4n) is 7.15. The molecular weight excluding hydrogens is 536 g/mol. The van der Waals surface area contributed by atoms with Gasteiger partial charge in [0.1, 0.15) is 6.04 Å². The third kappa shape index (κ3) is 5.10. The number of aliphatic hydroxyl groups is 1. The molecule has 3 saturated heterocycles. The number of carbonyl (C=O) groups excluding carboxylic acids is 3. The molecule has 218 valence electrons. The standard InChI is InChI=1S/C33H40N2O5S/c1-4-6-7-10-19-40-32(39)27-26-20-22(3)33(41-26)28(27)30(37)35(17-11-18-36)29(33)31(38)34(16-5-2)25-15-14-23-12-8-9-13-24(23)21-25/h4-5,8-9,12-15,21-22,26-29,36H,1-2,6-7,10-11,16-20H2,3H3/t22?,26-,27+,28+,29?,33?/m1/s1. The number of carbonyl (C=O) groups is 3. The summed E-state index contributed by atoms with van der Waals surface area (Å²) in [6.45, 7) is 10.5. The third-order valence-electron chi connectivity index (χ3n) is 8.98. The molecule has 0 aromatic heterocycles. The number of ether oxygens (including phenoxy) is 1. The topological polar surface area (TPSA) is 87.1 Å². The highest BCUT2D eigenvalue weighted by Crippen LogP contribution is 2.68. The number of hydrogen-bond donors (Lipinski definition) is 1. The fraction of sp³-hybridized carbons (Fsp3) is 0.485. The van der Waals surface area contributed by atoms with E-state index >= 15 is 0 Å². The smallest absolute Gasteiger partial charge is 0.310 e. The third-order valence-corrected chi connectivity index (χ3v) is 11.1. The molecule has 2 aromatic rings. The maximum Gasteiger partial charge on any atom is 0.310 e. The van der Waals surface area contributed by atoms with Crippen LogP contribution in [0.3, 0.4) is 0 Å². The second-order valence-electron chi connectivity index (χ2n) is 11.4. The Morgan fingerprint density at radius 3 is 2.66 bits per heavy atom. The fourth-order valence-corrected chi connectivity index (χ4v) is 9.56. The van der Waals surface area contributed by atoms with Crippen LogP contribution in [0.4, 0.5) is 5.69 Å². The van der Waals surface area contributed by atoms with Crippen molar-refractivity contribution >= 4 is 46.0 Å². The Balaban J connectivity index is 1.50. The lowest BCUT2D eigenvalue weighted by atomic mass is 9.66. The molecular formula is C33H40N2O5S. The van der Waals surface area contributed by atoms with E-state index in [0.717, 1.165) is 42.1 Å². The van der Waals surface area contributed by atoms with Gasteiger partial charge in [-0.25, -0.2) is 0 Å². The van der Waals surface area contributed by atoms with Crippen molar-refractivity contribution in [1.82, 2.24) is 4.90 Å². The number of rotatable bonds is 13. The summed E-state index contributed by atoms with van der Waals surface area (Å²) in [5.41, 5.74) is 0.740. The van der Waals surface area contributed by atoms with Gasteiger partial charge in [0.15, 0.2) is 0 Å². The summed E-state index contributed by atoms with van der Waals surface area (Å²) in [6.07, 6.45) is 7.16. The first-order chi connectivity index (χ1) is 19.9. The van der Waals surface area contributed by atoms with E-state index in [9.17, 15) is 19.5 Å². The van der Waals surface area contributed by atoms with Gasteiger partial charge in [-0.05, 0) is 60.9 Å². The Bertz CT molecular complexity index is 1330. The van der Waals surface area contributed by atoms with E-state index in [-0.39, 0.29) is 48.6 Å². The molecule has 2 aromatic carbocycles. The molecule has 8 heteroatoms. The van der Waals surface area contributed by atoms with Gasteiger partial charge in [-0.1, -0.05) is 49.4 Å². The van der Waals surface area contributed by atoms with Crippen molar-refractivity contribution in [2.45, 2.75) is 55.1 Å². The van der Waals surface area contributed by atoms with Crippen molar-refractivity contribution in [2.75, 3.05) is 31.2 Å². The molecule has 3 fully saturated rings. The van der Waals surface area contributed by atoms with Crippen molar-refractivity contribution in [1.29, 1.82) is 0 Å². The summed E-state index contributed by atoms with van der Waals surface area (Å²) in [5, 5.41) is 11.7. The van der Waals surface area contributed by atoms with Crippen LogP contribution < -0.4 is 4.90 Å². The van der Waals surface area contributed by atoms with E-state index in [1.54, 1.807) is 27.6 Å². The van der Waals surface area contributed by atoms with Crippen LogP contribution >= 0.6 is 11.8 Å². The molecule has 2 bridgehead atoms. The number of esters is 1. The lowest BCUT2D eigenvalue weighted by molar-refractivity contribution is -0.154. The summed E-state index contributed by atoms with van der Waals surface area (Å²) >= 11 is 1.64. The average molecular weight is 577 g/mol. The second kappa shape index (κ2) is 12.4. The van der Waals surface area contributed by atoms with Crippen LogP contribution in [0.5, 0.6) is 0 Å². The number of anilines is 1. The highest BCUT2D eigenvalue weighted by atomic mass is 32.2. The zero-order chi connectivity index (χ0) is 29.1. The molecule has 3 aliphatic rings. The number of hydrogen-bond acceptors (Lipinski definition) is 6. The predicted molar refractivity (Wildman–Crippen MR) is 164 cm³/mol. The maximum absolute atomic E-state index is 14.7. The van der Waals surface area contributed by atoms with Gasteiger partial charge in [0, 0.05) is 30.6 Å². The molecule has 0 radical (unpaired) electrons. The molecule has 0 aliphatic carbocycles. The largest absolute Gasteiger partial charge is 0.465 e. The minimum Gasteiger partial charge on any atom is -0.465 e. The second-order valence-corrected chi connectivity index (χ2v) is 12.9. The summed E-state index contributed by atoms with van der Waals surface area (Å²) in [4.78, 5) is 45.7. The molecule has 3 heterocycles. The number of amides is 2. The molecule has 6 atom stereocenters. The van der Waals surface area contributed by atoms with Crippen LogP contribution in [-0.4, -0.2) is 70.1 Å². The van der Waals surface area contributed by atoms with Crippen molar-refractivity contribution in [3.63, 3.8) is 0 Å². The van der Waals surface area contributed by atoms with Crippen molar-refractivity contribution in [3.05, 3.63) is 67.8 Å². The quantitative estimate of drug-likeness (QED) is 0.206. The van der Waals surface area contributed by atoms with E-state index in [1.807, 2.05) is 48.5 Å². The van der Waals surface area contributed by atoms with Crippen LogP contribution in [0.1, 0.15) is 39.0 Å². The number of fused-ring (bicyclic) bond motifs is 2. The van der Waals surface area contributed by atoms with Crippen molar-refractivity contribution < 1.29 is 24.2 Å². The Kier molecular flexibility index (Phi) is 8.90. The van der Waals surface area contributed by atoms with E-state index < -0.39 is 22.6 Å². The van der Waals surface area contributed by atoms with Gasteiger partial charge in [-0.15, -0.1) is 24.9 Å². The Hall–Kier alpha value is -3.10. The van der Waals surface area contributed by atoms with Gasteiger partial charge in [0.25, 0.3) is 5.91 Å². The highest BCUT2D eigenvalue weighted by molar-refractivity contribution is 8.02. The Morgan fingerprint density at radius 2 is 1.93 bits per heavy atom. The van der Waals surface area contributed by atoms with Crippen LogP contribution in [0.25, 0.3) is 10.8 Å². The first kappa shape index (κ1) is 29.4. The monoisotopic (exact) mass is 576 g/mol. The number of likely N-dealkylation sites (tertiary alicyclic amines) is 1. The molecule has 0 saturated carbocycles. The first-order valence-corrected chi connectivity index (χ1v) is 15.5. The van der Waals surface area contributed by atoms with E-state index in [0.29, 0.717) is 13.0 Å². The minimum atomic E-state index is -0.756. The van der Waals surface area contributed by atoms with E-state index in [2.05, 4.69) is 20.1 Å². The average Bonchev–Trinajstić information content (AvgIpc) is 3.57.